The molecule has 0 aliphatic heterocycles. The highest BCUT2D eigenvalue weighted by molar-refractivity contribution is 5.87. The molecule has 4 heteroatoms. The molecule has 4 aromatic rings. The summed E-state index contributed by atoms with van der Waals surface area (Å²) in [5.74, 6) is 1.26. The van der Waals surface area contributed by atoms with Gasteiger partial charge in [-0.1, -0.05) is 92.1 Å². The summed E-state index contributed by atoms with van der Waals surface area (Å²) in [4.78, 5) is 18.8. The number of rotatable bonds is 6. The van der Waals surface area contributed by atoms with Crippen LogP contribution in [-0.2, 0) is 11.3 Å². The Morgan fingerprint density at radius 2 is 1.53 bits per heavy atom. The summed E-state index contributed by atoms with van der Waals surface area (Å²) >= 11 is 0. The van der Waals surface area contributed by atoms with Gasteiger partial charge in [-0.2, -0.15) is 0 Å². The first-order valence-corrected chi connectivity index (χ1v) is 11.7. The van der Waals surface area contributed by atoms with Crippen LogP contribution in [0.4, 0.5) is 0 Å². The molecule has 0 bridgehead atoms. The Hall–Kier alpha value is -3.40. The topological polar surface area (TPSA) is 46.9 Å². The summed E-state index contributed by atoms with van der Waals surface area (Å²) in [6, 6.07) is 28.3. The monoisotopic (exact) mass is 423 g/mol. The van der Waals surface area contributed by atoms with Crippen molar-refractivity contribution in [1.29, 1.82) is 0 Å². The number of benzene rings is 3. The van der Waals surface area contributed by atoms with Crippen LogP contribution in [0.5, 0.6) is 0 Å². The number of hydrogen-bond donors (Lipinski definition) is 1. The van der Waals surface area contributed by atoms with Crippen molar-refractivity contribution in [3.8, 4) is 11.4 Å². The molecular weight excluding hydrogens is 394 g/mol. The average Bonchev–Trinajstić information content (AvgIpc) is 3.24. The highest BCUT2D eigenvalue weighted by Crippen LogP contribution is 2.38. The van der Waals surface area contributed by atoms with Crippen molar-refractivity contribution in [3.63, 3.8) is 0 Å². The lowest BCUT2D eigenvalue weighted by Gasteiger charge is -2.32. The van der Waals surface area contributed by atoms with Gasteiger partial charge in [0.15, 0.2) is 0 Å². The minimum Gasteiger partial charge on any atom is -0.350 e. The third-order valence-electron chi connectivity index (χ3n) is 6.58. The first kappa shape index (κ1) is 20.5. The van der Waals surface area contributed by atoms with Crippen LogP contribution in [0.3, 0.4) is 0 Å². The zero-order valence-corrected chi connectivity index (χ0v) is 18.3. The standard InChI is InChI=1S/C28H29N3O/c32-28(29-20-21-12-4-1-5-13-21)26(22-14-6-2-7-15-22)31-25-19-11-10-18-24(25)30-27(31)23-16-8-3-9-17-23/h1,3-5,8-13,16-19,22,26H,2,6-7,14-15,20H2,(H,29,32). The molecule has 32 heavy (non-hydrogen) atoms. The second kappa shape index (κ2) is 9.39. The molecule has 1 fully saturated rings. The van der Waals surface area contributed by atoms with Gasteiger partial charge in [0, 0.05) is 12.1 Å². The SMILES string of the molecule is O=C(NCc1ccccc1)C(C1CCCCC1)n1c(-c2ccccc2)nc2ccccc21. The van der Waals surface area contributed by atoms with E-state index in [0.29, 0.717) is 12.5 Å². The lowest BCUT2D eigenvalue weighted by atomic mass is 9.83. The van der Waals surface area contributed by atoms with E-state index in [1.807, 2.05) is 54.6 Å². The van der Waals surface area contributed by atoms with E-state index in [1.165, 1.54) is 19.3 Å². The Balaban J connectivity index is 1.58. The van der Waals surface area contributed by atoms with E-state index in [9.17, 15) is 4.79 Å². The molecule has 1 saturated carbocycles. The first-order chi connectivity index (χ1) is 15.8. The largest absolute Gasteiger partial charge is 0.350 e. The van der Waals surface area contributed by atoms with Crippen molar-refractivity contribution in [2.24, 2.45) is 5.92 Å². The fourth-order valence-corrected chi connectivity index (χ4v) is 5.00. The van der Waals surface area contributed by atoms with Crippen molar-refractivity contribution < 1.29 is 4.79 Å². The van der Waals surface area contributed by atoms with Crippen LogP contribution in [0, 0.1) is 5.92 Å². The summed E-state index contributed by atoms with van der Waals surface area (Å²) in [6.07, 6.45) is 5.76. The number of carbonyl (C=O) groups excluding carboxylic acids is 1. The second-order valence-corrected chi connectivity index (χ2v) is 8.71. The van der Waals surface area contributed by atoms with Gasteiger partial charge in [0.05, 0.1) is 11.0 Å². The Bertz CT molecular complexity index is 1180. The summed E-state index contributed by atoms with van der Waals surface area (Å²) in [5, 5.41) is 3.24. The van der Waals surface area contributed by atoms with Gasteiger partial charge in [0.25, 0.3) is 0 Å². The van der Waals surface area contributed by atoms with Crippen LogP contribution in [0.1, 0.15) is 43.7 Å². The second-order valence-electron chi connectivity index (χ2n) is 8.71. The van der Waals surface area contributed by atoms with Crippen LogP contribution in [0.2, 0.25) is 0 Å². The van der Waals surface area contributed by atoms with Crippen molar-refractivity contribution in [2.45, 2.75) is 44.7 Å². The van der Waals surface area contributed by atoms with Gasteiger partial charge in [0.1, 0.15) is 11.9 Å². The number of carbonyl (C=O) groups is 1. The minimum absolute atomic E-state index is 0.0843. The Morgan fingerprint density at radius 3 is 2.28 bits per heavy atom. The predicted octanol–water partition coefficient (Wildman–Crippen LogP) is 6.14. The molecule has 3 aromatic carbocycles. The maximum absolute atomic E-state index is 13.8. The Labute approximate surface area is 189 Å². The van der Waals surface area contributed by atoms with E-state index in [0.717, 1.165) is 40.8 Å². The predicted molar refractivity (Wildman–Crippen MR) is 129 cm³/mol. The van der Waals surface area contributed by atoms with E-state index >= 15 is 0 Å². The molecule has 1 aromatic heterocycles. The molecule has 0 radical (unpaired) electrons. The van der Waals surface area contributed by atoms with Gasteiger partial charge < -0.3 is 9.88 Å². The van der Waals surface area contributed by atoms with E-state index in [-0.39, 0.29) is 11.9 Å². The number of nitrogens with zero attached hydrogens (tertiary/aromatic N) is 2. The minimum atomic E-state index is -0.276. The number of nitrogens with one attached hydrogen (secondary N) is 1. The van der Waals surface area contributed by atoms with Crippen LogP contribution >= 0.6 is 0 Å². The number of para-hydroxylation sites is 2. The molecule has 0 spiro atoms. The van der Waals surface area contributed by atoms with Crippen LogP contribution in [0.15, 0.2) is 84.9 Å². The maximum Gasteiger partial charge on any atom is 0.243 e. The van der Waals surface area contributed by atoms with E-state index in [1.54, 1.807) is 0 Å². The number of hydrogen-bond acceptors (Lipinski definition) is 2. The van der Waals surface area contributed by atoms with Crippen LogP contribution in [0.25, 0.3) is 22.4 Å². The smallest absolute Gasteiger partial charge is 0.243 e. The Kier molecular flexibility index (Phi) is 6.02. The number of amides is 1. The average molecular weight is 424 g/mol. The third-order valence-corrected chi connectivity index (χ3v) is 6.58. The molecule has 4 nitrogen and oxygen atoms in total. The molecule has 1 aliphatic rings. The zero-order chi connectivity index (χ0) is 21.8. The lowest BCUT2D eigenvalue weighted by Crippen LogP contribution is -2.37. The molecular formula is C28H29N3O. The molecule has 0 saturated heterocycles. The van der Waals surface area contributed by atoms with E-state index in [2.05, 4.69) is 40.2 Å². The number of aromatic nitrogens is 2. The summed E-state index contributed by atoms with van der Waals surface area (Å²) in [5.41, 5.74) is 4.11. The summed E-state index contributed by atoms with van der Waals surface area (Å²) in [7, 11) is 0. The van der Waals surface area contributed by atoms with Crippen molar-refractivity contribution >= 4 is 16.9 Å². The van der Waals surface area contributed by atoms with Gasteiger partial charge in [0.2, 0.25) is 5.91 Å². The van der Waals surface area contributed by atoms with Gasteiger partial charge in [-0.3, -0.25) is 4.79 Å². The normalized spacial score (nSPS) is 15.5. The Morgan fingerprint density at radius 1 is 0.875 bits per heavy atom. The van der Waals surface area contributed by atoms with Gasteiger partial charge in [-0.05, 0) is 36.5 Å². The van der Waals surface area contributed by atoms with Gasteiger partial charge in [-0.25, -0.2) is 4.98 Å². The van der Waals surface area contributed by atoms with Crippen LogP contribution < -0.4 is 5.32 Å². The van der Waals surface area contributed by atoms with Crippen molar-refractivity contribution in [1.82, 2.24) is 14.9 Å². The molecule has 1 unspecified atom stereocenters. The fourth-order valence-electron chi connectivity index (χ4n) is 5.00. The molecule has 1 atom stereocenters. The van der Waals surface area contributed by atoms with Gasteiger partial charge in [-0.15, -0.1) is 0 Å². The summed E-state index contributed by atoms with van der Waals surface area (Å²) in [6.45, 7) is 0.538. The highest BCUT2D eigenvalue weighted by Gasteiger charge is 2.34. The molecule has 1 amide bonds. The quantitative estimate of drug-likeness (QED) is 0.405. The lowest BCUT2D eigenvalue weighted by molar-refractivity contribution is -0.126. The molecule has 1 aliphatic carbocycles. The number of fused-ring (bicyclic) bond motifs is 1. The van der Waals surface area contributed by atoms with Gasteiger partial charge >= 0.3 is 0 Å². The van der Waals surface area contributed by atoms with E-state index < -0.39 is 0 Å². The van der Waals surface area contributed by atoms with Crippen molar-refractivity contribution in [3.05, 3.63) is 90.5 Å². The molecule has 162 valence electrons. The summed E-state index contributed by atoms with van der Waals surface area (Å²) < 4.78 is 2.21. The first-order valence-electron chi connectivity index (χ1n) is 11.7. The molecule has 5 rings (SSSR count). The highest BCUT2D eigenvalue weighted by atomic mass is 16.2. The zero-order valence-electron chi connectivity index (χ0n) is 18.3. The third kappa shape index (κ3) is 4.18. The molecule has 1 N–H and O–H groups in total. The number of imidazole rings is 1. The fraction of sp³-hybridized carbons (Fsp3) is 0.286. The van der Waals surface area contributed by atoms with E-state index in [4.69, 9.17) is 4.98 Å². The van der Waals surface area contributed by atoms with Crippen LogP contribution in [-0.4, -0.2) is 15.5 Å². The maximum atomic E-state index is 13.8. The van der Waals surface area contributed by atoms with Crippen molar-refractivity contribution in [2.75, 3.05) is 0 Å². The molecule has 1 heterocycles.